The molecule has 2 rings (SSSR count). The molecule has 0 atom stereocenters. The summed E-state index contributed by atoms with van der Waals surface area (Å²) >= 11 is 0. The third kappa shape index (κ3) is 6.03. The molecule has 6 heteroatoms. The van der Waals surface area contributed by atoms with Crippen LogP contribution in [0.3, 0.4) is 0 Å². The van der Waals surface area contributed by atoms with Crippen molar-refractivity contribution in [1.29, 1.82) is 0 Å². The van der Waals surface area contributed by atoms with Gasteiger partial charge in [0.2, 0.25) is 0 Å². The van der Waals surface area contributed by atoms with E-state index in [1.54, 1.807) is 49.6 Å². The summed E-state index contributed by atoms with van der Waals surface area (Å²) in [5.74, 6) is 0.900. The number of hydrogen-bond donors (Lipinski definition) is 1. The maximum Gasteiger partial charge on any atom is 0.336 e. The highest BCUT2D eigenvalue weighted by molar-refractivity contribution is 6.20. The Balaban J connectivity index is 2.32. The fourth-order valence-corrected chi connectivity index (χ4v) is 2.55. The molecule has 2 aromatic rings. The van der Waals surface area contributed by atoms with Gasteiger partial charge in [0.05, 0.1) is 19.3 Å². The molecule has 2 aromatic carbocycles. The van der Waals surface area contributed by atoms with Crippen LogP contribution in [0.5, 0.6) is 17.2 Å². The number of methoxy groups -OCH3 is 1. The van der Waals surface area contributed by atoms with Crippen molar-refractivity contribution in [3.8, 4) is 17.2 Å². The van der Waals surface area contributed by atoms with Crippen molar-refractivity contribution in [1.82, 2.24) is 4.90 Å². The second kappa shape index (κ2) is 10.4. The number of nitrogens with zero attached hydrogens (tertiary/aromatic N) is 1. The van der Waals surface area contributed by atoms with Crippen LogP contribution in [0.2, 0.25) is 0 Å². The standard InChI is InChI=1S/C22H27NO5/c1-5-27-21-15-16(6-11-20(21)28-13-12-23(2)3)14-19(22(24)25)17-7-9-18(26-4)10-8-17/h6-11,14-15H,5,12-13H2,1-4H3,(H,24,25)/b19-14-. The van der Waals surface area contributed by atoms with Gasteiger partial charge in [-0.3, -0.25) is 0 Å². The van der Waals surface area contributed by atoms with Crippen molar-refractivity contribution < 1.29 is 24.1 Å². The molecule has 0 amide bonds. The molecule has 6 nitrogen and oxygen atoms in total. The van der Waals surface area contributed by atoms with E-state index in [4.69, 9.17) is 14.2 Å². The first kappa shape index (κ1) is 21.3. The van der Waals surface area contributed by atoms with E-state index in [1.807, 2.05) is 32.0 Å². The molecule has 0 fully saturated rings. The first-order valence-corrected chi connectivity index (χ1v) is 9.08. The molecule has 0 saturated carbocycles. The van der Waals surface area contributed by atoms with E-state index in [0.29, 0.717) is 36.0 Å². The van der Waals surface area contributed by atoms with Gasteiger partial charge in [0.15, 0.2) is 11.5 Å². The molecule has 0 heterocycles. The smallest absolute Gasteiger partial charge is 0.336 e. The fraction of sp³-hybridized carbons (Fsp3) is 0.318. The number of carbonyl (C=O) groups is 1. The molecular weight excluding hydrogens is 358 g/mol. The van der Waals surface area contributed by atoms with E-state index in [1.165, 1.54) is 0 Å². The zero-order valence-corrected chi connectivity index (χ0v) is 16.8. The topological polar surface area (TPSA) is 68.2 Å². The molecular formula is C22H27NO5. The first-order valence-electron chi connectivity index (χ1n) is 9.08. The number of aliphatic carboxylic acids is 1. The van der Waals surface area contributed by atoms with Crippen LogP contribution in [-0.4, -0.2) is 56.9 Å². The summed E-state index contributed by atoms with van der Waals surface area (Å²) < 4.78 is 16.6. The van der Waals surface area contributed by atoms with Crippen LogP contribution in [0.25, 0.3) is 11.6 Å². The van der Waals surface area contributed by atoms with Gasteiger partial charge in [-0.1, -0.05) is 18.2 Å². The van der Waals surface area contributed by atoms with E-state index in [9.17, 15) is 9.90 Å². The Morgan fingerprint density at radius 1 is 1.07 bits per heavy atom. The molecule has 0 radical (unpaired) electrons. The molecule has 150 valence electrons. The number of hydrogen-bond acceptors (Lipinski definition) is 5. The van der Waals surface area contributed by atoms with E-state index >= 15 is 0 Å². The van der Waals surface area contributed by atoms with Gasteiger partial charge in [-0.25, -0.2) is 4.79 Å². The van der Waals surface area contributed by atoms with Gasteiger partial charge in [0, 0.05) is 6.54 Å². The third-order valence-electron chi connectivity index (χ3n) is 4.01. The number of rotatable bonds is 10. The van der Waals surface area contributed by atoms with Gasteiger partial charge < -0.3 is 24.2 Å². The van der Waals surface area contributed by atoms with Crippen LogP contribution in [0.15, 0.2) is 42.5 Å². The zero-order valence-electron chi connectivity index (χ0n) is 16.8. The number of carboxylic acids is 1. The Kier molecular flexibility index (Phi) is 7.89. The second-order valence-electron chi connectivity index (χ2n) is 6.38. The molecule has 0 aliphatic carbocycles. The molecule has 0 aliphatic heterocycles. The van der Waals surface area contributed by atoms with Gasteiger partial charge >= 0.3 is 5.97 Å². The minimum absolute atomic E-state index is 0.186. The monoisotopic (exact) mass is 385 g/mol. The summed E-state index contributed by atoms with van der Waals surface area (Å²) in [6.07, 6.45) is 1.62. The van der Waals surface area contributed by atoms with Crippen LogP contribution in [-0.2, 0) is 4.79 Å². The lowest BCUT2D eigenvalue weighted by atomic mass is 10.0. The van der Waals surface area contributed by atoms with Crippen molar-refractivity contribution in [2.24, 2.45) is 0 Å². The molecule has 0 aromatic heterocycles. The van der Waals surface area contributed by atoms with Crippen molar-refractivity contribution >= 4 is 17.6 Å². The number of likely N-dealkylation sites (N-methyl/N-ethyl adjacent to an activating group) is 1. The normalized spacial score (nSPS) is 11.4. The quantitative estimate of drug-likeness (QED) is 0.497. The lowest BCUT2D eigenvalue weighted by Crippen LogP contribution is -2.19. The maximum atomic E-state index is 11.8. The van der Waals surface area contributed by atoms with Gasteiger partial charge in [-0.15, -0.1) is 0 Å². The largest absolute Gasteiger partial charge is 0.497 e. The Bertz CT molecular complexity index is 812. The van der Waals surface area contributed by atoms with Crippen LogP contribution in [0.4, 0.5) is 0 Å². The highest BCUT2D eigenvalue weighted by atomic mass is 16.5. The maximum absolute atomic E-state index is 11.8. The summed E-state index contributed by atoms with van der Waals surface area (Å²) in [5.41, 5.74) is 1.50. The summed E-state index contributed by atoms with van der Waals surface area (Å²) in [7, 11) is 5.53. The molecule has 0 saturated heterocycles. The van der Waals surface area contributed by atoms with E-state index < -0.39 is 5.97 Å². The van der Waals surface area contributed by atoms with E-state index in [-0.39, 0.29) is 5.57 Å². The second-order valence-corrected chi connectivity index (χ2v) is 6.38. The number of carboxylic acid groups (broad SMARTS) is 1. The Hall–Kier alpha value is -2.99. The van der Waals surface area contributed by atoms with E-state index in [0.717, 1.165) is 12.1 Å². The molecule has 0 unspecified atom stereocenters. The van der Waals surface area contributed by atoms with Gasteiger partial charge in [-0.2, -0.15) is 0 Å². The molecule has 0 aliphatic rings. The van der Waals surface area contributed by atoms with Crippen LogP contribution >= 0.6 is 0 Å². The number of ether oxygens (including phenoxy) is 3. The summed E-state index contributed by atoms with van der Waals surface area (Å²) in [4.78, 5) is 13.8. The predicted octanol–water partition coefficient (Wildman–Crippen LogP) is 3.66. The molecule has 1 N–H and O–H groups in total. The average Bonchev–Trinajstić information content (AvgIpc) is 2.67. The van der Waals surface area contributed by atoms with Gasteiger partial charge in [0.1, 0.15) is 12.4 Å². The average molecular weight is 385 g/mol. The van der Waals surface area contributed by atoms with Crippen molar-refractivity contribution in [2.45, 2.75) is 6.92 Å². The third-order valence-corrected chi connectivity index (χ3v) is 4.01. The van der Waals surface area contributed by atoms with Crippen LogP contribution in [0.1, 0.15) is 18.1 Å². The minimum Gasteiger partial charge on any atom is -0.497 e. The SMILES string of the molecule is CCOc1cc(/C=C(\C(=O)O)c2ccc(OC)cc2)ccc1OCCN(C)C. The van der Waals surface area contributed by atoms with E-state index in [2.05, 4.69) is 0 Å². The Morgan fingerprint density at radius 3 is 2.36 bits per heavy atom. The Labute approximate surface area is 166 Å². The molecule has 28 heavy (non-hydrogen) atoms. The lowest BCUT2D eigenvalue weighted by molar-refractivity contribution is -0.130. The predicted molar refractivity (Wildman–Crippen MR) is 110 cm³/mol. The lowest BCUT2D eigenvalue weighted by Gasteiger charge is -2.15. The van der Waals surface area contributed by atoms with Crippen LogP contribution in [0, 0.1) is 0 Å². The molecule has 0 spiro atoms. The van der Waals surface area contributed by atoms with Crippen molar-refractivity contribution in [3.63, 3.8) is 0 Å². The Morgan fingerprint density at radius 2 is 1.79 bits per heavy atom. The summed E-state index contributed by atoms with van der Waals surface area (Å²) in [6, 6.07) is 12.3. The van der Waals surface area contributed by atoms with Crippen molar-refractivity contribution in [3.05, 3.63) is 53.6 Å². The highest BCUT2D eigenvalue weighted by Crippen LogP contribution is 2.30. The zero-order chi connectivity index (χ0) is 20.5. The number of benzene rings is 2. The molecule has 0 bridgehead atoms. The minimum atomic E-state index is -1.01. The summed E-state index contributed by atoms with van der Waals surface area (Å²) in [5, 5.41) is 9.65. The fourth-order valence-electron chi connectivity index (χ4n) is 2.55. The first-order chi connectivity index (χ1) is 13.4. The highest BCUT2D eigenvalue weighted by Gasteiger charge is 2.12. The van der Waals surface area contributed by atoms with Crippen LogP contribution < -0.4 is 14.2 Å². The summed E-state index contributed by atoms with van der Waals surface area (Å²) in [6.45, 7) is 3.70. The van der Waals surface area contributed by atoms with Crippen molar-refractivity contribution in [2.75, 3.05) is 41.0 Å². The van der Waals surface area contributed by atoms with Gasteiger partial charge in [-0.05, 0) is 62.5 Å². The van der Waals surface area contributed by atoms with Gasteiger partial charge in [0.25, 0.3) is 0 Å².